The first-order valence-electron chi connectivity index (χ1n) is 8.40. The Labute approximate surface area is 155 Å². The van der Waals surface area contributed by atoms with E-state index in [1.54, 1.807) is 36.1 Å². The van der Waals surface area contributed by atoms with E-state index in [-0.39, 0.29) is 17.4 Å². The fourth-order valence-electron chi connectivity index (χ4n) is 2.98. The number of thiophene rings is 1. The number of nitrogens with zero attached hydrogens (tertiary/aromatic N) is 1. The fraction of sp³-hybridized carbons (Fsp3) is 0.316. The molecular weight excluding hydrogens is 352 g/mol. The Kier molecular flexibility index (Phi) is 5.37. The zero-order chi connectivity index (χ0) is 18.7. The first-order chi connectivity index (χ1) is 12.5. The number of esters is 1. The van der Waals surface area contributed by atoms with Crippen molar-refractivity contribution in [1.29, 1.82) is 0 Å². The highest BCUT2D eigenvalue weighted by Crippen LogP contribution is 2.35. The molecule has 0 saturated carbocycles. The van der Waals surface area contributed by atoms with Gasteiger partial charge in [0.2, 0.25) is 0 Å². The van der Waals surface area contributed by atoms with Gasteiger partial charge in [0.1, 0.15) is 5.00 Å². The molecule has 2 amide bonds. The average Bonchev–Trinajstić information content (AvgIpc) is 3.30. The molecule has 1 saturated heterocycles. The van der Waals surface area contributed by atoms with E-state index < -0.39 is 5.97 Å². The highest BCUT2D eigenvalue weighted by molar-refractivity contribution is 7.18. The van der Waals surface area contributed by atoms with Crippen molar-refractivity contribution >= 4 is 34.1 Å². The molecule has 2 aromatic rings. The van der Waals surface area contributed by atoms with Crippen LogP contribution in [0.4, 0.5) is 5.00 Å². The Bertz CT molecular complexity index is 839. The largest absolute Gasteiger partial charge is 0.465 e. The van der Waals surface area contributed by atoms with Crippen molar-refractivity contribution in [2.45, 2.75) is 19.8 Å². The Morgan fingerprint density at radius 1 is 1.12 bits per heavy atom. The SMILES string of the molecule is COC(=O)c1c(NC(=O)c2ccccc2)sc(C(=O)N2CCCC2)c1C. The van der Waals surface area contributed by atoms with Crippen LogP contribution in [0.5, 0.6) is 0 Å². The lowest BCUT2D eigenvalue weighted by Crippen LogP contribution is -2.27. The maximum absolute atomic E-state index is 12.8. The van der Waals surface area contributed by atoms with Crippen LogP contribution in [-0.2, 0) is 4.74 Å². The third-order valence-corrected chi connectivity index (χ3v) is 5.58. The van der Waals surface area contributed by atoms with Crippen LogP contribution in [0, 0.1) is 6.92 Å². The maximum atomic E-state index is 12.8. The number of anilines is 1. The van der Waals surface area contributed by atoms with E-state index in [0.717, 1.165) is 37.3 Å². The van der Waals surface area contributed by atoms with Gasteiger partial charge in [-0.3, -0.25) is 9.59 Å². The summed E-state index contributed by atoms with van der Waals surface area (Å²) in [6.45, 7) is 3.15. The molecule has 0 spiro atoms. The van der Waals surface area contributed by atoms with Crippen LogP contribution < -0.4 is 5.32 Å². The van der Waals surface area contributed by atoms with Gasteiger partial charge in [-0.2, -0.15) is 0 Å². The minimum Gasteiger partial charge on any atom is -0.465 e. The van der Waals surface area contributed by atoms with Crippen LogP contribution in [0.2, 0.25) is 0 Å². The summed E-state index contributed by atoms with van der Waals surface area (Å²) in [5.74, 6) is -1.00. The molecule has 3 rings (SSSR count). The number of rotatable bonds is 4. The minimum atomic E-state index is -0.567. The van der Waals surface area contributed by atoms with Gasteiger partial charge in [-0.15, -0.1) is 11.3 Å². The lowest BCUT2D eigenvalue weighted by Gasteiger charge is -2.14. The van der Waals surface area contributed by atoms with Crippen LogP contribution in [0.3, 0.4) is 0 Å². The Morgan fingerprint density at radius 2 is 1.77 bits per heavy atom. The van der Waals surface area contributed by atoms with Crippen LogP contribution in [0.1, 0.15) is 48.8 Å². The molecule has 1 aromatic carbocycles. The third kappa shape index (κ3) is 3.48. The molecule has 0 aliphatic carbocycles. The fourth-order valence-corrected chi connectivity index (χ4v) is 4.14. The van der Waals surface area contributed by atoms with Gasteiger partial charge in [0.15, 0.2) is 0 Å². The summed E-state index contributed by atoms with van der Waals surface area (Å²) >= 11 is 1.12. The van der Waals surface area contributed by atoms with Crippen molar-refractivity contribution in [3.63, 3.8) is 0 Å². The van der Waals surface area contributed by atoms with Crippen molar-refractivity contribution in [3.8, 4) is 0 Å². The summed E-state index contributed by atoms with van der Waals surface area (Å²) in [5.41, 5.74) is 1.26. The first kappa shape index (κ1) is 18.1. The van der Waals surface area contributed by atoms with Gasteiger partial charge < -0.3 is 15.0 Å². The van der Waals surface area contributed by atoms with E-state index >= 15 is 0 Å². The zero-order valence-corrected chi connectivity index (χ0v) is 15.5. The molecule has 136 valence electrons. The molecule has 1 aliphatic rings. The van der Waals surface area contributed by atoms with E-state index in [2.05, 4.69) is 5.32 Å². The van der Waals surface area contributed by atoms with Crippen molar-refractivity contribution in [2.75, 3.05) is 25.5 Å². The van der Waals surface area contributed by atoms with Gasteiger partial charge in [0.25, 0.3) is 11.8 Å². The molecule has 1 aromatic heterocycles. The predicted octanol–water partition coefficient (Wildman–Crippen LogP) is 3.33. The van der Waals surface area contributed by atoms with Crippen LogP contribution in [-0.4, -0.2) is 42.9 Å². The maximum Gasteiger partial charge on any atom is 0.341 e. The molecule has 1 aliphatic heterocycles. The van der Waals surface area contributed by atoms with Gasteiger partial charge in [-0.25, -0.2) is 4.79 Å². The van der Waals surface area contributed by atoms with Gasteiger partial charge in [-0.05, 0) is 37.5 Å². The molecule has 0 unspecified atom stereocenters. The first-order valence-corrected chi connectivity index (χ1v) is 9.22. The summed E-state index contributed by atoms with van der Waals surface area (Å²) in [6, 6.07) is 8.71. The van der Waals surface area contributed by atoms with E-state index in [1.807, 2.05) is 6.07 Å². The lowest BCUT2D eigenvalue weighted by atomic mass is 10.1. The van der Waals surface area contributed by atoms with Crippen LogP contribution >= 0.6 is 11.3 Å². The predicted molar refractivity (Wildman–Crippen MR) is 99.9 cm³/mol. The molecule has 2 heterocycles. The van der Waals surface area contributed by atoms with Crippen molar-refractivity contribution in [1.82, 2.24) is 4.90 Å². The molecular formula is C19H20N2O4S. The minimum absolute atomic E-state index is 0.102. The molecule has 0 atom stereocenters. The number of ether oxygens (including phenoxy) is 1. The highest BCUT2D eigenvalue weighted by atomic mass is 32.1. The number of nitrogens with one attached hydrogen (secondary N) is 1. The van der Waals surface area contributed by atoms with Gasteiger partial charge >= 0.3 is 5.97 Å². The summed E-state index contributed by atoms with van der Waals surface area (Å²) in [6.07, 6.45) is 1.97. The third-order valence-electron chi connectivity index (χ3n) is 4.39. The topological polar surface area (TPSA) is 75.7 Å². The molecule has 7 heteroatoms. The normalized spacial score (nSPS) is 13.5. The number of hydrogen-bond donors (Lipinski definition) is 1. The lowest BCUT2D eigenvalue weighted by molar-refractivity contribution is 0.0601. The Hall–Kier alpha value is -2.67. The van der Waals surface area contributed by atoms with Crippen molar-refractivity contribution in [2.24, 2.45) is 0 Å². The summed E-state index contributed by atoms with van der Waals surface area (Å²) in [5, 5.41) is 3.10. The van der Waals surface area contributed by atoms with E-state index in [4.69, 9.17) is 4.74 Å². The molecule has 6 nitrogen and oxygen atoms in total. The number of benzene rings is 1. The second-order valence-electron chi connectivity index (χ2n) is 6.07. The zero-order valence-electron chi connectivity index (χ0n) is 14.7. The number of carbonyl (C=O) groups excluding carboxylic acids is 3. The van der Waals surface area contributed by atoms with Crippen molar-refractivity contribution in [3.05, 3.63) is 51.9 Å². The quantitative estimate of drug-likeness (QED) is 0.836. The molecule has 0 bridgehead atoms. The average molecular weight is 372 g/mol. The monoisotopic (exact) mass is 372 g/mol. The summed E-state index contributed by atoms with van der Waals surface area (Å²) in [4.78, 5) is 39.7. The Balaban J connectivity index is 1.95. The number of amides is 2. The molecule has 26 heavy (non-hydrogen) atoms. The smallest absolute Gasteiger partial charge is 0.341 e. The van der Waals surface area contributed by atoms with Gasteiger partial charge in [0.05, 0.1) is 17.6 Å². The van der Waals surface area contributed by atoms with Crippen LogP contribution in [0.15, 0.2) is 30.3 Å². The number of hydrogen-bond acceptors (Lipinski definition) is 5. The Morgan fingerprint density at radius 3 is 2.38 bits per heavy atom. The highest BCUT2D eigenvalue weighted by Gasteiger charge is 2.29. The van der Waals surface area contributed by atoms with Crippen molar-refractivity contribution < 1.29 is 19.1 Å². The second-order valence-corrected chi connectivity index (χ2v) is 7.09. The molecule has 1 fully saturated rings. The second kappa shape index (κ2) is 7.70. The van der Waals surface area contributed by atoms with E-state index in [1.165, 1.54) is 7.11 Å². The van der Waals surface area contributed by atoms with Gasteiger partial charge in [0, 0.05) is 18.7 Å². The standard InChI is InChI=1S/C19H20N2O4S/c1-12-14(19(24)25-2)17(20-16(22)13-8-4-3-5-9-13)26-15(12)18(23)21-10-6-7-11-21/h3-5,8-9H,6-7,10-11H2,1-2H3,(H,20,22). The summed E-state index contributed by atoms with van der Waals surface area (Å²) in [7, 11) is 1.28. The van der Waals surface area contributed by atoms with E-state index in [9.17, 15) is 14.4 Å². The molecule has 0 radical (unpaired) electrons. The molecule has 1 N–H and O–H groups in total. The number of carbonyl (C=O) groups is 3. The van der Waals surface area contributed by atoms with E-state index in [0.29, 0.717) is 21.0 Å². The van der Waals surface area contributed by atoms with Gasteiger partial charge in [-0.1, -0.05) is 18.2 Å². The number of methoxy groups -OCH3 is 1. The summed E-state index contributed by atoms with van der Waals surface area (Å²) < 4.78 is 4.86. The van der Waals surface area contributed by atoms with Crippen LogP contribution in [0.25, 0.3) is 0 Å². The number of likely N-dealkylation sites (tertiary alicyclic amines) is 1.